The lowest BCUT2D eigenvalue weighted by Crippen LogP contribution is -2.10. The molecule has 0 bridgehead atoms. The molecule has 0 saturated heterocycles. The number of likely N-dealkylation sites (N-methyl/N-ethyl adjacent to an activating group) is 1. The van der Waals surface area contributed by atoms with E-state index in [0.717, 1.165) is 6.54 Å². The lowest BCUT2D eigenvalue weighted by Gasteiger charge is -2.04. The van der Waals surface area contributed by atoms with Gasteiger partial charge in [0.15, 0.2) is 0 Å². The summed E-state index contributed by atoms with van der Waals surface area (Å²) in [6.07, 6.45) is 6.26. The lowest BCUT2D eigenvalue weighted by atomic mass is 10.2. The summed E-state index contributed by atoms with van der Waals surface area (Å²) in [4.78, 5) is 2.03. The first-order chi connectivity index (χ1) is 5.20. The van der Waals surface area contributed by atoms with Crippen LogP contribution in [0.2, 0.25) is 0 Å². The molecule has 0 unspecified atom stereocenters. The van der Waals surface area contributed by atoms with Crippen LogP contribution in [0.1, 0.15) is 6.92 Å². The van der Waals surface area contributed by atoms with E-state index in [1.165, 1.54) is 5.57 Å². The molecule has 1 N–H and O–H groups in total. The van der Waals surface area contributed by atoms with E-state index in [-0.39, 0.29) is 0 Å². The van der Waals surface area contributed by atoms with Crippen LogP contribution in [0.25, 0.3) is 0 Å². The lowest BCUT2D eigenvalue weighted by molar-refractivity contribution is 0.563. The van der Waals surface area contributed by atoms with E-state index in [1.54, 1.807) is 0 Å². The Bertz CT molecular complexity index is 146. The fraction of sp³-hybridized carbons (Fsp3) is 0.556. The van der Waals surface area contributed by atoms with Crippen molar-refractivity contribution in [3.05, 3.63) is 23.9 Å². The van der Waals surface area contributed by atoms with Crippen molar-refractivity contribution in [3.8, 4) is 0 Å². The van der Waals surface area contributed by atoms with Crippen molar-refractivity contribution in [2.45, 2.75) is 6.92 Å². The van der Waals surface area contributed by atoms with Gasteiger partial charge in [-0.3, -0.25) is 0 Å². The average molecular weight is 154 g/mol. The number of nitrogens with zero attached hydrogens (tertiary/aromatic N) is 1. The molecule has 64 valence electrons. The third-order valence-corrected chi connectivity index (χ3v) is 1.34. The second-order valence-electron chi connectivity index (χ2n) is 2.67. The van der Waals surface area contributed by atoms with Crippen molar-refractivity contribution in [2.24, 2.45) is 0 Å². The minimum absolute atomic E-state index is 0.931. The van der Waals surface area contributed by atoms with Gasteiger partial charge in [0.2, 0.25) is 0 Å². The van der Waals surface area contributed by atoms with Crippen LogP contribution in [-0.4, -0.2) is 32.6 Å². The summed E-state index contributed by atoms with van der Waals surface area (Å²) in [5.41, 5.74) is 1.31. The fourth-order valence-corrected chi connectivity index (χ4v) is 0.706. The molecule has 0 atom stereocenters. The second-order valence-corrected chi connectivity index (χ2v) is 2.67. The topological polar surface area (TPSA) is 15.3 Å². The van der Waals surface area contributed by atoms with Crippen LogP contribution in [0, 0.1) is 0 Å². The Hall–Kier alpha value is -0.760. The van der Waals surface area contributed by atoms with Crippen molar-refractivity contribution in [1.82, 2.24) is 10.2 Å². The minimum atomic E-state index is 0.931. The average Bonchev–Trinajstić information content (AvgIpc) is 1.97. The first-order valence-electron chi connectivity index (χ1n) is 3.85. The van der Waals surface area contributed by atoms with E-state index in [9.17, 15) is 0 Å². The summed E-state index contributed by atoms with van der Waals surface area (Å²) in [6, 6.07) is 0. The highest BCUT2D eigenvalue weighted by Gasteiger charge is 1.86. The van der Waals surface area contributed by atoms with Crippen LogP contribution in [-0.2, 0) is 0 Å². The zero-order chi connectivity index (χ0) is 8.69. The molecule has 0 aliphatic rings. The normalized spacial score (nSPS) is 12.5. The standard InChI is InChI=1S/C9H18N2/c1-5-9(8-10-2)6-7-11(3)4/h5-7,10H,8H2,1-4H3/b7-6-,9-5+. The molecule has 0 aromatic rings. The minimum Gasteiger partial charge on any atom is -0.383 e. The molecule has 0 aromatic heterocycles. The van der Waals surface area contributed by atoms with Gasteiger partial charge in [0, 0.05) is 20.6 Å². The Morgan fingerprint density at radius 3 is 2.45 bits per heavy atom. The molecule has 0 aromatic carbocycles. The summed E-state index contributed by atoms with van der Waals surface area (Å²) in [5.74, 6) is 0. The number of nitrogens with one attached hydrogen (secondary N) is 1. The third kappa shape index (κ3) is 5.67. The molecule has 0 aliphatic carbocycles. The number of hydrogen-bond donors (Lipinski definition) is 1. The molecule has 0 spiro atoms. The molecule has 2 heteroatoms. The zero-order valence-electron chi connectivity index (χ0n) is 7.89. The number of hydrogen-bond acceptors (Lipinski definition) is 2. The van der Waals surface area contributed by atoms with Gasteiger partial charge >= 0.3 is 0 Å². The van der Waals surface area contributed by atoms with Gasteiger partial charge < -0.3 is 10.2 Å². The summed E-state index contributed by atoms with van der Waals surface area (Å²) in [7, 11) is 5.99. The molecule has 0 rings (SSSR count). The van der Waals surface area contributed by atoms with Crippen molar-refractivity contribution in [1.29, 1.82) is 0 Å². The molecule has 0 amide bonds. The van der Waals surface area contributed by atoms with Crippen LogP contribution in [0.15, 0.2) is 23.9 Å². The first kappa shape index (κ1) is 10.2. The van der Waals surface area contributed by atoms with Crippen molar-refractivity contribution in [2.75, 3.05) is 27.7 Å². The highest BCUT2D eigenvalue weighted by Crippen LogP contribution is 1.94. The van der Waals surface area contributed by atoms with Gasteiger partial charge in [-0.15, -0.1) is 0 Å². The number of allylic oxidation sites excluding steroid dienone is 1. The Balaban J connectivity index is 3.88. The quantitative estimate of drug-likeness (QED) is 0.613. The van der Waals surface area contributed by atoms with Gasteiger partial charge in [-0.05, 0) is 31.8 Å². The summed E-state index contributed by atoms with van der Waals surface area (Å²) >= 11 is 0. The van der Waals surface area contributed by atoms with Gasteiger partial charge in [0.05, 0.1) is 0 Å². The maximum atomic E-state index is 3.10. The summed E-state index contributed by atoms with van der Waals surface area (Å²) in [5, 5.41) is 3.10. The maximum Gasteiger partial charge on any atom is 0.0199 e. The fourth-order valence-electron chi connectivity index (χ4n) is 0.706. The molecule has 0 saturated carbocycles. The van der Waals surface area contributed by atoms with Gasteiger partial charge in [0.25, 0.3) is 0 Å². The SMILES string of the molecule is C/C=C(\C=C/N(C)C)CNC. The van der Waals surface area contributed by atoms with E-state index in [4.69, 9.17) is 0 Å². The smallest absolute Gasteiger partial charge is 0.0199 e. The van der Waals surface area contributed by atoms with E-state index >= 15 is 0 Å². The van der Waals surface area contributed by atoms with Gasteiger partial charge in [-0.1, -0.05) is 6.08 Å². The van der Waals surface area contributed by atoms with E-state index < -0.39 is 0 Å². The van der Waals surface area contributed by atoms with Crippen molar-refractivity contribution in [3.63, 3.8) is 0 Å². The molecule has 11 heavy (non-hydrogen) atoms. The summed E-state index contributed by atoms with van der Waals surface area (Å²) in [6.45, 7) is 2.98. The van der Waals surface area contributed by atoms with Gasteiger partial charge in [-0.25, -0.2) is 0 Å². The Kier molecular flexibility index (Phi) is 5.57. The Labute approximate surface area is 69.6 Å². The third-order valence-electron chi connectivity index (χ3n) is 1.34. The predicted octanol–water partition coefficient (Wildman–Crippen LogP) is 1.23. The van der Waals surface area contributed by atoms with Crippen LogP contribution < -0.4 is 5.32 Å². The predicted molar refractivity (Wildman–Crippen MR) is 50.5 cm³/mol. The van der Waals surface area contributed by atoms with Gasteiger partial charge in [0.1, 0.15) is 0 Å². The number of rotatable bonds is 4. The van der Waals surface area contributed by atoms with Gasteiger partial charge in [-0.2, -0.15) is 0 Å². The van der Waals surface area contributed by atoms with E-state index in [2.05, 4.69) is 17.5 Å². The molecular formula is C9H18N2. The largest absolute Gasteiger partial charge is 0.383 e. The van der Waals surface area contributed by atoms with Crippen LogP contribution in [0.4, 0.5) is 0 Å². The van der Waals surface area contributed by atoms with Crippen LogP contribution in [0.3, 0.4) is 0 Å². The monoisotopic (exact) mass is 154 g/mol. The molecule has 2 nitrogen and oxygen atoms in total. The van der Waals surface area contributed by atoms with E-state index in [0.29, 0.717) is 0 Å². The highest BCUT2D eigenvalue weighted by molar-refractivity contribution is 5.18. The molecule has 0 heterocycles. The maximum absolute atomic E-state index is 3.10. The van der Waals surface area contributed by atoms with Crippen molar-refractivity contribution >= 4 is 0 Å². The molecular weight excluding hydrogens is 136 g/mol. The molecule has 0 fully saturated rings. The second kappa shape index (κ2) is 5.98. The Morgan fingerprint density at radius 1 is 1.45 bits per heavy atom. The molecule has 0 aliphatic heterocycles. The highest BCUT2D eigenvalue weighted by atomic mass is 15.0. The zero-order valence-corrected chi connectivity index (χ0v) is 7.89. The van der Waals surface area contributed by atoms with Crippen LogP contribution >= 0.6 is 0 Å². The van der Waals surface area contributed by atoms with E-state index in [1.807, 2.05) is 39.2 Å². The first-order valence-corrected chi connectivity index (χ1v) is 3.85. The Morgan fingerprint density at radius 2 is 2.09 bits per heavy atom. The molecule has 0 radical (unpaired) electrons. The van der Waals surface area contributed by atoms with Crippen molar-refractivity contribution < 1.29 is 0 Å². The van der Waals surface area contributed by atoms with Crippen LogP contribution in [0.5, 0.6) is 0 Å². The summed E-state index contributed by atoms with van der Waals surface area (Å²) < 4.78 is 0.